The van der Waals surface area contributed by atoms with Crippen LogP contribution in [-0.2, 0) is 13.1 Å². The highest BCUT2D eigenvalue weighted by atomic mass is 15.3. The standard InChI is InChI=1S/C15H21N3/c1-4-18-11-14(10-17-18)9-16-13(3)15-8-6-5-7-12(15)2/h5-8,10-11,13,16H,4,9H2,1-3H3. The van der Waals surface area contributed by atoms with Crippen molar-refractivity contribution in [3.63, 3.8) is 0 Å². The molecule has 18 heavy (non-hydrogen) atoms. The second kappa shape index (κ2) is 5.83. The molecule has 1 unspecified atom stereocenters. The van der Waals surface area contributed by atoms with Gasteiger partial charge in [0.2, 0.25) is 0 Å². The number of hydrogen-bond acceptors (Lipinski definition) is 2. The summed E-state index contributed by atoms with van der Waals surface area (Å²) >= 11 is 0. The number of aryl methyl sites for hydroxylation is 2. The van der Waals surface area contributed by atoms with Gasteiger partial charge < -0.3 is 5.32 Å². The zero-order valence-electron chi connectivity index (χ0n) is 11.4. The number of aromatic nitrogens is 2. The van der Waals surface area contributed by atoms with Crippen LogP contribution in [0, 0.1) is 6.92 Å². The maximum Gasteiger partial charge on any atom is 0.0534 e. The summed E-state index contributed by atoms with van der Waals surface area (Å²) < 4.78 is 1.95. The van der Waals surface area contributed by atoms with Crippen LogP contribution < -0.4 is 5.32 Å². The summed E-state index contributed by atoms with van der Waals surface area (Å²) in [4.78, 5) is 0. The Morgan fingerprint density at radius 3 is 2.78 bits per heavy atom. The van der Waals surface area contributed by atoms with Gasteiger partial charge in [-0.2, -0.15) is 5.10 Å². The van der Waals surface area contributed by atoms with Gasteiger partial charge in [-0.05, 0) is 31.9 Å². The van der Waals surface area contributed by atoms with Crippen LogP contribution >= 0.6 is 0 Å². The molecular weight excluding hydrogens is 222 g/mol. The van der Waals surface area contributed by atoms with Gasteiger partial charge in [0.25, 0.3) is 0 Å². The van der Waals surface area contributed by atoms with E-state index in [1.165, 1.54) is 16.7 Å². The molecule has 1 N–H and O–H groups in total. The molecule has 1 heterocycles. The number of rotatable bonds is 5. The fourth-order valence-electron chi connectivity index (χ4n) is 2.12. The first-order chi connectivity index (χ1) is 8.70. The van der Waals surface area contributed by atoms with Gasteiger partial charge >= 0.3 is 0 Å². The lowest BCUT2D eigenvalue weighted by atomic mass is 10.0. The zero-order valence-corrected chi connectivity index (χ0v) is 11.4. The molecule has 1 atom stereocenters. The first-order valence-electron chi connectivity index (χ1n) is 6.51. The number of nitrogens with zero attached hydrogens (tertiary/aromatic N) is 2. The molecule has 0 spiro atoms. The summed E-state index contributed by atoms with van der Waals surface area (Å²) in [6, 6.07) is 8.87. The first-order valence-corrected chi connectivity index (χ1v) is 6.51. The van der Waals surface area contributed by atoms with Crippen molar-refractivity contribution >= 4 is 0 Å². The van der Waals surface area contributed by atoms with Crippen molar-refractivity contribution in [2.24, 2.45) is 0 Å². The molecule has 0 amide bonds. The Morgan fingerprint density at radius 2 is 2.11 bits per heavy atom. The largest absolute Gasteiger partial charge is 0.306 e. The van der Waals surface area contributed by atoms with Crippen LogP contribution in [0.4, 0.5) is 0 Å². The molecule has 0 saturated heterocycles. The third-order valence-corrected chi connectivity index (χ3v) is 3.28. The normalized spacial score (nSPS) is 12.6. The number of hydrogen-bond donors (Lipinski definition) is 1. The van der Waals surface area contributed by atoms with E-state index in [1.807, 2.05) is 10.9 Å². The predicted molar refractivity (Wildman–Crippen MR) is 74.3 cm³/mol. The van der Waals surface area contributed by atoms with E-state index < -0.39 is 0 Å². The molecule has 0 saturated carbocycles. The zero-order chi connectivity index (χ0) is 13.0. The third kappa shape index (κ3) is 2.99. The summed E-state index contributed by atoms with van der Waals surface area (Å²) in [5.41, 5.74) is 3.93. The Labute approximate surface area is 109 Å². The van der Waals surface area contributed by atoms with Gasteiger partial charge in [-0.1, -0.05) is 24.3 Å². The topological polar surface area (TPSA) is 29.9 Å². The van der Waals surface area contributed by atoms with Crippen LogP contribution in [-0.4, -0.2) is 9.78 Å². The van der Waals surface area contributed by atoms with Gasteiger partial charge in [0, 0.05) is 30.9 Å². The highest BCUT2D eigenvalue weighted by Gasteiger charge is 2.07. The molecule has 0 fully saturated rings. The van der Waals surface area contributed by atoms with Crippen molar-refractivity contribution in [3.05, 3.63) is 53.3 Å². The molecule has 2 rings (SSSR count). The van der Waals surface area contributed by atoms with Gasteiger partial charge in [-0.3, -0.25) is 4.68 Å². The summed E-state index contributed by atoms with van der Waals surface area (Å²) in [5.74, 6) is 0. The van der Waals surface area contributed by atoms with E-state index in [0.29, 0.717) is 6.04 Å². The molecule has 3 heteroatoms. The highest BCUT2D eigenvalue weighted by Crippen LogP contribution is 2.17. The average molecular weight is 243 g/mol. The first kappa shape index (κ1) is 12.8. The number of nitrogens with one attached hydrogen (secondary N) is 1. The molecule has 1 aromatic heterocycles. The fourth-order valence-corrected chi connectivity index (χ4v) is 2.12. The SMILES string of the molecule is CCn1cc(CNC(C)c2ccccc2C)cn1. The lowest BCUT2D eigenvalue weighted by molar-refractivity contribution is 0.571. The molecule has 3 nitrogen and oxygen atoms in total. The van der Waals surface area contributed by atoms with Crippen LogP contribution in [0.5, 0.6) is 0 Å². The minimum atomic E-state index is 0.358. The highest BCUT2D eigenvalue weighted by molar-refractivity contribution is 5.28. The van der Waals surface area contributed by atoms with Gasteiger partial charge in [0.05, 0.1) is 6.20 Å². The molecule has 0 aliphatic rings. The van der Waals surface area contributed by atoms with Crippen LogP contribution in [0.2, 0.25) is 0 Å². The monoisotopic (exact) mass is 243 g/mol. The van der Waals surface area contributed by atoms with Gasteiger partial charge in [0.1, 0.15) is 0 Å². The Morgan fingerprint density at radius 1 is 1.33 bits per heavy atom. The lowest BCUT2D eigenvalue weighted by Crippen LogP contribution is -2.18. The van der Waals surface area contributed by atoms with Gasteiger partial charge in [0.15, 0.2) is 0 Å². The maximum atomic E-state index is 4.28. The van der Waals surface area contributed by atoms with E-state index in [2.05, 4.69) is 61.6 Å². The Kier molecular flexibility index (Phi) is 4.15. The van der Waals surface area contributed by atoms with Gasteiger partial charge in [-0.25, -0.2) is 0 Å². The van der Waals surface area contributed by atoms with E-state index in [0.717, 1.165) is 13.1 Å². The smallest absolute Gasteiger partial charge is 0.0534 e. The van der Waals surface area contributed by atoms with Crippen molar-refractivity contribution in [3.8, 4) is 0 Å². The van der Waals surface area contributed by atoms with Crippen molar-refractivity contribution in [2.45, 2.75) is 39.9 Å². The molecule has 0 aliphatic carbocycles. The van der Waals surface area contributed by atoms with Crippen molar-refractivity contribution in [1.82, 2.24) is 15.1 Å². The summed E-state index contributed by atoms with van der Waals surface area (Å²) in [7, 11) is 0. The molecule has 1 aromatic carbocycles. The number of benzene rings is 1. The summed E-state index contributed by atoms with van der Waals surface area (Å²) in [6.07, 6.45) is 4.03. The minimum Gasteiger partial charge on any atom is -0.306 e. The molecule has 2 aromatic rings. The second-order valence-electron chi connectivity index (χ2n) is 4.66. The maximum absolute atomic E-state index is 4.28. The van der Waals surface area contributed by atoms with E-state index in [-0.39, 0.29) is 0 Å². The molecular formula is C15H21N3. The van der Waals surface area contributed by atoms with Crippen LogP contribution in [0.3, 0.4) is 0 Å². The van der Waals surface area contributed by atoms with Crippen LogP contribution in [0.1, 0.15) is 36.6 Å². The predicted octanol–water partition coefficient (Wildman–Crippen LogP) is 3.06. The molecule has 0 bridgehead atoms. The van der Waals surface area contributed by atoms with Crippen molar-refractivity contribution in [1.29, 1.82) is 0 Å². The third-order valence-electron chi connectivity index (χ3n) is 3.28. The van der Waals surface area contributed by atoms with Crippen molar-refractivity contribution < 1.29 is 0 Å². The van der Waals surface area contributed by atoms with E-state index in [1.54, 1.807) is 0 Å². The molecule has 0 aliphatic heterocycles. The van der Waals surface area contributed by atoms with Gasteiger partial charge in [-0.15, -0.1) is 0 Å². The lowest BCUT2D eigenvalue weighted by Gasteiger charge is -2.15. The summed E-state index contributed by atoms with van der Waals surface area (Å²) in [6.45, 7) is 8.23. The van der Waals surface area contributed by atoms with Crippen LogP contribution in [0.25, 0.3) is 0 Å². The fraction of sp³-hybridized carbons (Fsp3) is 0.400. The Bertz CT molecular complexity index is 502. The second-order valence-corrected chi connectivity index (χ2v) is 4.66. The average Bonchev–Trinajstić information content (AvgIpc) is 2.84. The van der Waals surface area contributed by atoms with E-state index >= 15 is 0 Å². The molecule has 0 radical (unpaired) electrons. The van der Waals surface area contributed by atoms with E-state index in [9.17, 15) is 0 Å². The summed E-state index contributed by atoms with van der Waals surface area (Å²) in [5, 5.41) is 7.82. The van der Waals surface area contributed by atoms with Crippen molar-refractivity contribution in [2.75, 3.05) is 0 Å². The molecule has 96 valence electrons. The quantitative estimate of drug-likeness (QED) is 0.874. The Balaban J connectivity index is 1.96. The minimum absolute atomic E-state index is 0.358. The van der Waals surface area contributed by atoms with E-state index in [4.69, 9.17) is 0 Å². The van der Waals surface area contributed by atoms with Crippen LogP contribution in [0.15, 0.2) is 36.7 Å². The Hall–Kier alpha value is -1.61.